The maximum absolute atomic E-state index is 10.1. The molecule has 0 bridgehead atoms. The number of nitrogens with zero attached hydrogens (tertiary/aromatic N) is 4. The first kappa shape index (κ1) is 15.1. The number of phenolic OH excluding ortho intramolecular Hbond substituents is 1. The highest BCUT2D eigenvalue weighted by atomic mass is 35.5. The normalized spacial score (nSPS) is 11.3. The van der Waals surface area contributed by atoms with Crippen molar-refractivity contribution in [1.29, 1.82) is 0 Å². The van der Waals surface area contributed by atoms with E-state index in [1.807, 2.05) is 42.2 Å². The van der Waals surface area contributed by atoms with Crippen LogP contribution in [0, 0.1) is 0 Å². The minimum Gasteiger partial charge on any atom is -0.507 e. The zero-order valence-corrected chi connectivity index (χ0v) is 14.1. The second kappa shape index (κ2) is 5.54. The Kier molecular flexibility index (Phi) is 3.48. The lowest BCUT2D eigenvalue weighted by atomic mass is 10.1. The Morgan fingerprint density at radius 1 is 1.08 bits per heavy atom. The molecule has 0 spiro atoms. The van der Waals surface area contributed by atoms with Crippen LogP contribution in [0.5, 0.6) is 5.75 Å². The van der Waals surface area contributed by atoms with Crippen molar-refractivity contribution in [2.75, 3.05) is 0 Å². The van der Waals surface area contributed by atoms with Gasteiger partial charge in [-0.3, -0.25) is 4.68 Å². The zero-order chi connectivity index (χ0) is 16.8. The van der Waals surface area contributed by atoms with E-state index in [1.54, 1.807) is 16.9 Å². The summed E-state index contributed by atoms with van der Waals surface area (Å²) in [6.45, 7) is 0. The Balaban J connectivity index is 1.86. The lowest BCUT2D eigenvalue weighted by Crippen LogP contribution is -1.87. The van der Waals surface area contributed by atoms with Crippen molar-refractivity contribution >= 4 is 28.8 Å². The first-order valence-corrected chi connectivity index (χ1v) is 7.93. The molecule has 24 heavy (non-hydrogen) atoms. The number of phenols is 1. The Bertz CT molecular complexity index is 1070. The van der Waals surface area contributed by atoms with E-state index >= 15 is 0 Å². The third kappa shape index (κ3) is 2.42. The number of pyridine rings is 1. The van der Waals surface area contributed by atoms with Crippen LogP contribution in [0.15, 0.2) is 49.1 Å². The van der Waals surface area contributed by atoms with Gasteiger partial charge in [0.25, 0.3) is 0 Å². The van der Waals surface area contributed by atoms with Gasteiger partial charge in [0.1, 0.15) is 11.4 Å². The molecular formula is C17H12Cl2N4O. The predicted octanol–water partition coefficient (Wildman–Crippen LogP) is 4.41. The molecule has 3 heterocycles. The molecule has 1 N–H and O–H groups in total. The van der Waals surface area contributed by atoms with Gasteiger partial charge < -0.3 is 9.51 Å². The molecule has 0 aliphatic carbocycles. The monoisotopic (exact) mass is 358 g/mol. The van der Waals surface area contributed by atoms with E-state index in [9.17, 15) is 5.11 Å². The Morgan fingerprint density at radius 3 is 2.67 bits per heavy atom. The molecule has 0 saturated heterocycles. The van der Waals surface area contributed by atoms with Crippen LogP contribution in [0.25, 0.3) is 28.0 Å². The summed E-state index contributed by atoms with van der Waals surface area (Å²) in [6.07, 6.45) is 7.47. The van der Waals surface area contributed by atoms with Crippen molar-refractivity contribution in [3.8, 4) is 28.1 Å². The van der Waals surface area contributed by atoms with Crippen molar-refractivity contribution in [2.45, 2.75) is 0 Å². The van der Waals surface area contributed by atoms with Crippen LogP contribution >= 0.6 is 23.2 Å². The van der Waals surface area contributed by atoms with Crippen LogP contribution in [-0.4, -0.2) is 24.3 Å². The van der Waals surface area contributed by atoms with E-state index in [-0.39, 0.29) is 5.75 Å². The van der Waals surface area contributed by atoms with Crippen molar-refractivity contribution in [1.82, 2.24) is 19.2 Å². The number of aromatic nitrogens is 4. The van der Waals surface area contributed by atoms with Crippen LogP contribution in [0.3, 0.4) is 0 Å². The fraction of sp³-hybridized carbons (Fsp3) is 0.0588. The second-order valence-electron chi connectivity index (χ2n) is 5.47. The Labute approximate surface area is 147 Å². The minimum atomic E-state index is 0.0767. The first-order chi connectivity index (χ1) is 11.5. The molecule has 0 radical (unpaired) electrons. The fourth-order valence-electron chi connectivity index (χ4n) is 2.65. The van der Waals surface area contributed by atoms with Gasteiger partial charge in [-0.05, 0) is 29.8 Å². The quantitative estimate of drug-likeness (QED) is 0.577. The SMILES string of the molecule is Cn1cc(-c2cn3ccc(-c4c(O)ccc(Cl)c4Cl)cc3n2)cn1. The molecule has 7 heteroatoms. The molecule has 5 nitrogen and oxygen atoms in total. The van der Waals surface area contributed by atoms with Crippen LogP contribution in [0.1, 0.15) is 0 Å². The molecule has 4 rings (SSSR count). The molecular weight excluding hydrogens is 347 g/mol. The van der Waals surface area contributed by atoms with Gasteiger partial charge in [0.2, 0.25) is 0 Å². The van der Waals surface area contributed by atoms with Crippen LogP contribution in [-0.2, 0) is 7.05 Å². The second-order valence-corrected chi connectivity index (χ2v) is 6.25. The van der Waals surface area contributed by atoms with Crippen molar-refractivity contribution in [2.24, 2.45) is 7.05 Å². The van der Waals surface area contributed by atoms with Crippen molar-refractivity contribution < 1.29 is 5.11 Å². The average molecular weight is 359 g/mol. The topological polar surface area (TPSA) is 55.4 Å². The smallest absolute Gasteiger partial charge is 0.138 e. The number of rotatable bonds is 2. The van der Waals surface area contributed by atoms with E-state index < -0.39 is 0 Å². The number of halogens is 2. The van der Waals surface area contributed by atoms with Gasteiger partial charge in [-0.15, -0.1) is 0 Å². The Hall–Kier alpha value is -2.50. The average Bonchev–Trinajstić information content (AvgIpc) is 3.17. The maximum atomic E-state index is 10.1. The number of benzene rings is 1. The number of aromatic hydroxyl groups is 1. The highest BCUT2D eigenvalue weighted by Gasteiger charge is 2.14. The predicted molar refractivity (Wildman–Crippen MR) is 94.5 cm³/mol. The first-order valence-electron chi connectivity index (χ1n) is 7.18. The fourth-order valence-corrected chi connectivity index (χ4v) is 3.07. The van der Waals surface area contributed by atoms with Gasteiger partial charge >= 0.3 is 0 Å². The van der Waals surface area contributed by atoms with Gasteiger partial charge in [-0.2, -0.15) is 5.10 Å². The molecule has 1 aromatic carbocycles. The third-order valence-electron chi connectivity index (χ3n) is 3.82. The number of hydrogen-bond acceptors (Lipinski definition) is 3. The van der Waals surface area contributed by atoms with Gasteiger partial charge in [-0.25, -0.2) is 4.98 Å². The van der Waals surface area contributed by atoms with Gasteiger partial charge in [-0.1, -0.05) is 23.2 Å². The van der Waals surface area contributed by atoms with E-state index in [1.165, 1.54) is 6.07 Å². The van der Waals surface area contributed by atoms with Crippen molar-refractivity contribution in [3.63, 3.8) is 0 Å². The molecule has 0 fully saturated rings. The molecule has 0 unspecified atom stereocenters. The molecule has 120 valence electrons. The number of imidazole rings is 1. The van der Waals surface area contributed by atoms with Gasteiger partial charge in [0.05, 0.1) is 21.9 Å². The van der Waals surface area contributed by atoms with Crippen LogP contribution < -0.4 is 0 Å². The molecule has 3 aromatic heterocycles. The summed E-state index contributed by atoms with van der Waals surface area (Å²) in [5.41, 5.74) is 3.74. The van der Waals surface area contributed by atoms with Gasteiger partial charge in [0.15, 0.2) is 0 Å². The highest BCUT2D eigenvalue weighted by Crippen LogP contribution is 2.40. The molecule has 0 saturated carbocycles. The summed E-state index contributed by atoms with van der Waals surface area (Å²) < 4.78 is 3.63. The maximum Gasteiger partial charge on any atom is 0.138 e. The largest absolute Gasteiger partial charge is 0.507 e. The van der Waals surface area contributed by atoms with Crippen molar-refractivity contribution in [3.05, 3.63) is 59.1 Å². The molecule has 0 atom stereocenters. The summed E-state index contributed by atoms with van der Waals surface area (Å²) in [6, 6.07) is 6.81. The van der Waals surface area contributed by atoms with Crippen LogP contribution in [0.4, 0.5) is 0 Å². The lowest BCUT2D eigenvalue weighted by molar-refractivity contribution is 0.477. The van der Waals surface area contributed by atoms with E-state index in [4.69, 9.17) is 23.2 Å². The lowest BCUT2D eigenvalue weighted by Gasteiger charge is -2.09. The minimum absolute atomic E-state index is 0.0767. The standard InChI is InChI=1S/C17H12Cl2N4O/c1-22-8-11(7-20-22)13-9-23-5-4-10(6-15(23)21-13)16-14(24)3-2-12(18)17(16)19/h2-9,24H,1H3. The van der Waals surface area contributed by atoms with Crippen LogP contribution in [0.2, 0.25) is 10.0 Å². The molecule has 0 aliphatic heterocycles. The molecule has 0 amide bonds. The summed E-state index contributed by atoms with van der Waals surface area (Å²) in [7, 11) is 1.86. The van der Waals surface area contributed by atoms with Gasteiger partial charge in [0, 0.05) is 36.8 Å². The summed E-state index contributed by atoms with van der Waals surface area (Å²) in [5, 5.41) is 15.0. The zero-order valence-electron chi connectivity index (χ0n) is 12.6. The number of aryl methyl sites for hydroxylation is 1. The third-order valence-corrected chi connectivity index (χ3v) is 4.63. The van der Waals surface area contributed by atoms with E-state index in [2.05, 4.69) is 10.1 Å². The van der Waals surface area contributed by atoms with E-state index in [0.29, 0.717) is 15.6 Å². The number of fused-ring (bicyclic) bond motifs is 1. The molecule has 0 aliphatic rings. The molecule has 4 aromatic rings. The Morgan fingerprint density at radius 2 is 1.92 bits per heavy atom. The van der Waals surface area contributed by atoms with E-state index in [0.717, 1.165) is 22.5 Å². The summed E-state index contributed by atoms with van der Waals surface area (Å²) in [5.74, 6) is 0.0767. The summed E-state index contributed by atoms with van der Waals surface area (Å²) >= 11 is 12.3. The summed E-state index contributed by atoms with van der Waals surface area (Å²) in [4.78, 5) is 4.62. The highest BCUT2D eigenvalue weighted by molar-refractivity contribution is 6.44. The number of hydrogen-bond donors (Lipinski definition) is 1.